The van der Waals surface area contributed by atoms with E-state index in [0.29, 0.717) is 0 Å². The fourth-order valence-electron chi connectivity index (χ4n) is 3.10. The predicted molar refractivity (Wildman–Crippen MR) is 59.7 cm³/mol. The summed E-state index contributed by atoms with van der Waals surface area (Å²) < 4.78 is 0. The first-order chi connectivity index (χ1) is 6.16. The Morgan fingerprint density at radius 2 is 1.92 bits per heavy atom. The van der Waals surface area contributed by atoms with E-state index in [1.165, 1.54) is 32.1 Å². The quantitative estimate of drug-likeness (QED) is 0.603. The molecular formula is C13H26. The molecule has 1 aliphatic rings. The van der Waals surface area contributed by atoms with Crippen LogP contribution in [-0.2, 0) is 0 Å². The summed E-state index contributed by atoms with van der Waals surface area (Å²) in [4.78, 5) is 0. The molecule has 0 aromatic rings. The van der Waals surface area contributed by atoms with Crippen molar-refractivity contribution in [2.75, 3.05) is 0 Å². The van der Waals surface area contributed by atoms with Gasteiger partial charge in [-0.1, -0.05) is 53.4 Å². The SMILES string of the molecule is CCCC(C)C1CCCC(C)C1C. The van der Waals surface area contributed by atoms with Gasteiger partial charge in [0, 0.05) is 0 Å². The molecule has 0 radical (unpaired) electrons. The number of hydrogen-bond donors (Lipinski definition) is 0. The molecule has 0 aromatic heterocycles. The van der Waals surface area contributed by atoms with Crippen LogP contribution in [0.2, 0.25) is 0 Å². The summed E-state index contributed by atoms with van der Waals surface area (Å²) in [6.07, 6.45) is 7.23. The summed E-state index contributed by atoms with van der Waals surface area (Å²) in [5, 5.41) is 0. The maximum Gasteiger partial charge on any atom is -0.0360 e. The third-order valence-corrected chi connectivity index (χ3v) is 4.24. The maximum atomic E-state index is 2.47. The molecule has 0 aromatic carbocycles. The summed E-state index contributed by atoms with van der Waals surface area (Å²) in [5.41, 5.74) is 0. The molecule has 1 aliphatic carbocycles. The monoisotopic (exact) mass is 182 g/mol. The van der Waals surface area contributed by atoms with E-state index in [9.17, 15) is 0 Å². The van der Waals surface area contributed by atoms with Crippen molar-refractivity contribution in [1.82, 2.24) is 0 Å². The Kier molecular flexibility index (Phi) is 4.28. The topological polar surface area (TPSA) is 0 Å². The molecular weight excluding hydrogens is 156 g/mol. The minimum Gasteiger partial charge on any atom is -0.0654 e. The minimum absolute atomic E-state index is 0.961. The molecule has 0 aliphatic heterocycles. The van der Waals surface area contributed by atoms with Crippen LogP contribution in [0.25, 0.3) is 0 Å². The largest absolute Gasteiger partial charge is 0.0654 e. The molecule has 13 heavy (non-hydrogen) atoms. The van der Waals surface area contributed by atoms with Crippen molar-refractivity contribution in [3.63, 3.8) is 0 Å². The van der Waals surface area contributed by atoms with Crippen molar-refractivity contribution >= 4 is 0 Å². The molecule has 4 atom stereocenters. The molecule has 0 amide bonds. The van der Waals surface area contributed by atoms with Crippen LogP contribution < -0.4 is 0 Å². The Bertz CT molecular complexity index is 139. The van der Waals surface area contributed by atoms with Crippen LogP contribution in [0.1, 0.15) is 59.8 Å². The molecule has 1 fully saturated rings. The van der Waals surface area contributed by atoms with Crippen molar-refractivity contribution in [2.45, 2.75) is 59.8 Å². The lowest BCUT2D eigenvalue weighted by atomic mass is 9.68. The summed E-state index contributed by atoms with van der Waals surface area (Å²) >= 11 is 0. The molecule has 0 saturated heterocycles. The highest BCUT2D eigenvalue weighted by molar-refractivity contribution is 4.80. The van der Waals surface area contributed by atoms with Gasteiger partial charge in [-0.2, -0.15) is 0 Å². The van der Waals surface area contributed by atoms with E-state index in [1.807, 2.05) is 0 Å². The van der Waals surface area contributed by atoms with Crippen LogP contribution in [0.3, 0.4) is 0 Å². The van der Waals surface area contributed by atoms with E-state index in [1.54, 1.807) is 0 Å². The van der Waals surface area contributed by atoms with Gasteiger partial charge in [0.1, 0.15) is 0 Å². The highest BCUT2D eigenvalue weighted by Gasteiger charge is 2.30. The number of rotatable bonds is 3. The zero-order chi connectivity index (χ0) is 9.84. The first kappa shape index (κ1) is 11.1. The summed E-state index contributed by atoms with van der Waals surface area (Å²) in [6.45, 7) is 9.69. The van der Waals surface area contributed by atoms with E-state index in [-0.39, 0.29) is 0 Å². The molecule has 0 nitrogen and oxygen atoms in total. The van der Waals surface area contributed by atoms with Gasteiger partial charge < -0.3 is 0 Å². The molecule has 0 N–H and O–H groups in total. The standard InChI is InChI=1S/C13H26/c1-5-7-11(3)13-9-6-8-10(2)12(13)4/h10-13H,5-9H2,1-4H3. The molecule has 1 rings (SSSR count). The Labute approximate surface area is 84.1 Å². The van der Waals surface area contributed by atoms with Gasteiger partial charge in [0.05, 0.1) is 0 Å². The summed E-state index contributed by atoms with van der Waals surface area (Å²) in [7, 11) is 0. The first-order valence-corrected chi connectivity index (χ1v) is 6.16. The second kappa shape index (κ2) is 5.02. The second-order valence-electron chi connectivity index (χ2n) is 5.20. The van der Waals surface area contributed by atoms with Crippen molar-refractivity contribution in [3.05, 3.63) is 0 Å². The lowest BCUT2D eigenvalue weighted by Gasteiger charge is -2.37. The van der Waals surface area contributed by atoms with Crippen LogP contribution in [0, 0.1) is 23.7 Å². The van der Waals surface area contributed by atoms with Crippen molar-refractivity contribution in [3.8, 4) is 0 Å². The molecule has 0 heteroatoms. The van der Waals surface area contributed by atoms with E-state index in [4.69, 9.17) is 0 Å². The van der Waals surface area contributed by atoms with Gasteiger partial charge in [-0.15, -0.1) is 0 Å². The zero-order valence-electron chi connectivity index (χ0n) is 9.84. The summed E-state index contributed by atoms with van der Waals surface area (Å²) in [5.74, 6) is 3.92. The van der Waals surface area contributed by atoms with E-state index in [0.717, 1.165) is 23.7 Å². The predicted octanol–water partition coefficient (Wildman–Crippen LogP) is 4.49. The van der Waals surface area contributed by atoms with Crippen LogP contribution in [0.4, 0.5) is 0 Å². The molecule has 0 heterocycles. The van der Waals surface area contributed by atoms with Crippen LogP contribution >= 0.6 is 0 Å². The molecule has 0 bridgehead atoms. The van der Waals surface area contributed by atoms with Gasteiger partial charge in [0.25, 0.3) is 0 Å². The smallest absolute Gasteiger partial charge is 0.0360 e. The van der Waals surface area contributed by atoms with Crippen LogP contribution in [0.15, 0.2) is 0 Å². The Morgan fingerprint density at radius 1 is 1.23 bits per heavy atom. The first-order valence-electron chi connectivity index (χ1n) is 6.16. The highest BCUT2D eigenvalue weighted by atomic mass is 14.4. The zero-order valence-corrected chi connectivity index (χ0v) is 9.84. The van der Waals surface area contributed by atoms with Gasteiger partial charge in [-0.25, -0.2) is 0 Å². The lowest BCUT2D eigenvalue weighted by Crippen LogP contribution is -2.28. The second-order valence-corrected chi connectivity index (χ2v) is 5.20. The fourth-order valence-corrected chi connectivity index (χ4v) is 3.10. The number of hydrogen-bond acceptors (Lipinski definition) is 0. The molecule has 0 spiro atoms. The Morgan fingerprint density at radius 3 is 2.54 bits per heavy atom. The Balaban J connectivity index is 2.46. The van der Waals surface area contributed by atoms with Gasteiger partial charge in [0.15, 0.2) is 0 Å². The normalized spacial score (nSPS) is 37.4. The van der Waals surface area contributed by atoms with Crippen LogP contribution in [-0.4, -0.2) is 0 Å². The average molecular weight is 182 g/mol. The van der Waals surface area contributed by atoms with Gasteiger partial charge >= 0.3 is 0 Å². The Hall–Kier alpha value is 0. The van der Waals surface area contributed by atoms with Gasteiger partial charge in [0.2, 0.25) is 0 Å². The van der Waals surface area contributed by atoms with Crippen molar-refractivity contribution in [2.24, 2.45) is 23.7 Å². The third kappa shape index (κ3) is 2.72. The van der Waals surface area contributed by atoms with Gasteiger partial charge in [-0.05, 0) is 30.1 Å². The van der Waals surface area contributed by atoms with Crippen LogP contribution in [0.5, 0.6) is 0 Å². The minimum atomic E-state index is 0.961. The molecule has 78 valence electrons. The maximum absolute atomic E-state index is 2.47. The molecule has 4 unspecified atom stereocenters. The van der Waals surface area contributed by atoms with E-state index in [2.05, 4.69) is 27.7 Å². The lowest BCUT2D eigenvalue weighted by molar-refractivity contribution is 0.126. The van der Waals surface area contributed by atoms with Crippen molar-refractivity contribution < 1.29 is 0 Å². The van der Waals surface area contributed by atoms with Crippen molar-refractivity contribution in [1.29, 1.82) is 0 Å². The van der Waals surface area contributed by atoms with E-state index >= 15 is 0 Å². The summed E-state index contributed by atoms with van der Waals surface area (Å²) in [6, 6.07) is 0. The average Bonchev–Trinajstić information content (AvgIpc) is 2.10. The van der Waals surface area contributed by atoms with E-state index < -0.39 is 0 Å². The fraction of sp³-hybridized carbons (Fsp3) is 1.00. The highest BCUT2D eigenvalue weighted by Crippen LogP contribution is 2.39. The third-order valence-electron chi connectivity index (χ3n) is 4.24. The molecule has 1 saturated carbocycles. The van der Waals surface area contributed by atoms with Gasteiger partial charge in [-0.3, -0.25) is 0 Å².